The summed E-state index contributed by atoms with van der Waals surface area (Å²) in [6.07, 6.45) is 2.41. The Hall–Kier alpha value is -0.620. The van der Waals surface area contributed by atoms with Crippen molar-refractivity contribution < 1.29 is 18.4 Å². The zero-order chi connectivity index (χ0) is 11.7. The maximum absolute atomic E-state index is 11.5. The van der Waals surface area contributed by atoms with Crippen LogP contribution in [-0.2, 0) is 18.4 Å². The molecule has 0 radical (unpaired) electrons. The van der Waals surface area contributed by atoms with Gasteiger partial charge in [-0.1, -0.05) is 19.3 Å². The molecule has 0 aliphatic rings. The van der Waals surface area contributed by atoms with Gasteiger partial charge >= 0.3 is 7.60 Å². The molecule has 0 saturated carbocycles. The molecule has 86 valence electrons. The number of unbranched alkanes of at least 4 members (excludes halogenated alkanes) is 2. The number of carbonyl (C=O) groups is 1. The molecule has 5 heteroatoms. The van der Waals surface area contributed by atoms with E-state index in [9.17, 15) is 9.36 Å². The first-order valence-corrected chi connectivity index (χ1v) is 6.53. The van der Waals surface area contributed by atoms with Crippen molar-refractivity contribution in [3.63, 3.8) is 0 Å². The van der Waals surface area contributed by atoms with E-state index in [2.05, 4.69) is 20.9 Å². The standard InChI is InChI=1S/C10H17O4P/c1-4-5-6-7-8-10(11)9-15(12,13-2)14-3/h4-6,9H2,1-3H3. The maximum atomic E-state index is 11.5. The topological polar surface area (TPSA) is 52.6 Å². The fraction of sp³-hybridized carbons (Fsp3) is 0.700. The lowest BCUT2D eigenvalue weighted by molar-refractivity contribution is -0.111. The average Bonchev–Trinajstić information content (AvgIpc) is 2.24. The molecule has 0 rings (SSSR count). The molecule has 0 bridgehead atoms. The molecule has 0 amide bonds. The van der Waals surface area contributed by atoms with Gasteiger partial charge in [-0.15, -0.1) is 0 Å². The van der Waals surface area contributed by atoms with E-state index in [-0.39, 0.29) is 6.16 Å². The fourth-order valence-electron chi connectivity index (χ4n) is 0.845. The van der Waals surface area contributed by atoms with E-state index < -0.39 is 13.4 Å². The van der Waals surface area contributed by atoms with Crippen molar-refractivity contribution in [3.05, 3.63) is 0 Å². The Balaban J connectivity index is 4.11. The number of carbonyl (C=O) groups excluding carboxylic acids is 1. The minimum Gasteiger partial charge on any atom is -0.312 e. The molecule has 0 aliphatic heterocycles. The monoisotopic (exact) mass is 232 g/mol. The molecule has 0 saturated heterocycles. The molecule has 0 unspecified atom stereocenters. The van der Waals surface area contributed by atoms with Crippen molar-refractivity contribution >= 4 is 13.4 Å². The molecule has 0 aromatic carbocycles. The highest BCUT2D eigenvalue weighted by molar-refractivity contribution is 7.54. The zero-order valence-corrected chi connectivity index (χ0v) is 10.3. The van der Waals surface area contributed by atoms with Gasteiger partial charge in [-0.05, 0) is 12.3 Å². The summed E-state index contributed by atoms with van der Waals surface area (Å²) in [6.45, 7) is 2.05. The van der Waals surface area contributed by atoms with Crippen LogP contribution in [0.25, 0.3) is 0 Å². The lowest BCUT2D eigenvalue weighted by atomic mass is 10.2. The van der Waals surface area contributed by atoms with Gasteiger partial charge in [-0.2, -0.15) is 0 Å². The summed E-state index contributed by atoms with van der Waals surface area (Å²) in [5.41, 5.74) is 0. The van der Waals surface area contributed by atoms with E-state index in [4.69, 9.17) is 0 Å². The van der Waals surface area contributed by atoms with E-state index in [1.54, 1.807) is 0 Å². The number of Topliss-reactive ketones (excluding diaryl/α,β-unsaturated/α-hetero) is 1. The average molecular weight is 232 g/mol. The first-order chi connectivity index (χ1) is 7.08. The second kappa shape index (κ2) is 7.64. The second-order valence-electron chi connectivity index (χ2n) is 2.96. The van der Waals surface area contributed by atoms with Crippen molar-refractivity contribution in [2.75, 3.05) is 20.4 Å². The van der Waals surface area contributed by atoms with E-state index in [0.29, 0.717) is 6.42 Å². The number of rotatable bonds is 6. The molecule has 0 spiro atoms. The number of hydrogen-bond acceptors (Lipinski definition) is 4. The Morgan fingerprint density at radius 1 is 1.33 bits per heavy atom. The molecule has 0 fully saturated rings. The maximum Gasteiger partial charge on any atom is 0.338 e. The van der Waals surface area contributed by atoms with Crippen molar-refractivity contribution in [2.24, 2.45) is 0 Å². The first-order valence-electron chi connectivity index (χ1n) is 4.80. The molecule has 0 aromatic heterocycles. The largest absolute Gasteiger partial charge is 0.338 e. The van der Waals surface area contributed by atoms with Crippen LogP contribution in [0, 0.1) is 11.8 Å². The van der Waals surface area contributed by atoms with Crippen molar-refractivity contribution in [1.29, 1.82) is 0 Å². The lowest BCUT2D eigenvalue weighted by Gasteiger charge is -2.10. The van der Waals surface area contributed by atoms with E-state index in [1.807, 2.05) is 6.92 Å². The molecule has 0 heterocycles. The normalized spacial score (nSPS) is 10.6. The molecule has 0 atom stereocenters. The minimum atomic E-state index is -3.24. The Morgan fingerprint density at radius 2 is 1.93 bits per heavy atom. The molecule has 0 aliphatic carbocycles. The van der Waals surface area contributed by atoms with Crippen LogP contribution in [-0.4, -0.2) is 26.2 Å². The fourth-order valence-corrected chi connectivity index (χ4v) is 1.68. The smallest absolute Gasteiger partial charge is 0.312 e. The van der Waals surface area contributed by atoms with Gasteiger partial charge in [0, 0.05) is 20.6 Å². The van der Waals surface area contributed by atoms with Gasteiger partial charge in [0.25, 0.3) is 0 Å². The Morgan fingerprint density at radius 3 is 2.40 bits per heavy atom. The van der Waals surface area contributed by atoms with E-state index in [0.717, 1.165) is 12.8 Å². The van der Waals surface area contributed by atoms with Gasteiger partial charge in [0.2, 0.25) is 5.78 Å². The predicted molar refractivity (Wildman–Crippen MR) is 58.8 cm³/mol. The molecule has 0 N–H and O–H groups in total. The minimum absolute atomic E-state index is 0.279. The van der Waals surface area contributed by atoms with Crippen LogP contribution in [0.4, 0.5) is 0 Å². The summed E-state index contributed by atoms with van der Waals surface area (Å²) in [5.74, 6) is 4.74. The van der Waals surface area contributed by atoms with Gasteiger partial charge in [0.15, 0.2) is 0 Å². The van der Waals surface area contributed by atoms with Crippen LogP contribution in [0.5, 0.6) is 0 Å². The summed E-state index contributed by atoms with van der Waals surface area (Å²) in [7, 11) is -0.741. The summed E-state index contributed by atoms with van der Waals surface area (Å²) in [4.78, 5) is 11.2. The lowest BCUT2D eigenvalue weighted by Crippen LogP contribution is -2.05. The zero-order valence-electron chi connectivity index (χ0n) is 9.41. The third-order valence-corrected chi connectivity index (χ3v) is 3.56. The molecule has 0 aromatic rings. The van der Waals surface area contributed by atoms with Crippen LogP contribution in [0.1, 0.15) is 26.2 Å². The summed E-state index contributed by atoms with van der Waals surface area (Å²) < 4.78 is 20.8. The van der Waals surface area contributed by atoms with Crippen LogP contribution in [0.3, 0.4) is 0 Å². The van der Waals surface area contributed by atoms with Crippen LogP contribution < -0.4 is 0 Å². The van der Waals surface area contributed by atoms with Gasteiger partial charge in [0.1, 0.15) is 6.16 Å². The van der Waals surface area contributed by atoms with Crippen LogP contribution in [0.15, 0.2) is 0 Å². The SMILES string of the molecule is CCCCC#CC(=O)CP(=O)(OC)OC. The number of hydrogen-bond donors (Lipinski definition) is 0. The Labute approximate surface area is 90.9 Å². The predicted octanol–water partition coefficient (Wildman–Crippen LogP) is 2.24. The molecular weight excluding hydrogens is 215 g/mol. The summed E-state index contributed by atoms with van der Waals surface area (Å²) >= 11 is 0. The third-order valence-electron chi connectivity index (χ3n) is 1.78. The molecular formula is C10H17O4P. The summed E-state index contributed by atoms with van der Waals surface area (Å²) in [6, 6.07) is 0. The Bertz CT molecular complexity index is 292. The van der Waals surface area contributed by atoms with Crippen molar-refractivity contribution in [1.82, 2.24) is 0 Å². The van der Waals surface area contributed by atoms with Crippen LogP contribution in [0.2, 0.25) is 0 Å². The van der Waals surface area contributed by atoms with Gasteiger partial charge in [-0.25, -0.2) is 0 Å². The first kappa shape index (κ1) is 14.4. The highest BCUT2D eigenvalue weighted by atomic mass is 31.2. The second-order valence-corrected chi connectivity index (χ2v) is 5.23. The van der Waals surface area contributed by atoms with E-state index in [1.165, 1.54) is 14.2 Å². The summed E-state index contributed by atoms with van der Waals surface area (Å²) in [5, 5.41) is 0. The Kier molecular flexibility index (Phi) is 7.33. The van der Waals surface area contributed by atoms with Gasteiger partial charge < -0.3 is 9.05 Å². The molecule has 15 heavy (non-hydrogen) atoms. The van der Waals surface area contributed by atoms with E-state index >= 15 is 0 Å². The molecule has 4 nitrogen and oxygen atoms in total. The van der Waals surface area contributed by atoms with Crippen molar-refractivity contribution in [3.8, 4) is 11.8 Å². The quantitative estimate of drug-likeness (QED) is 0.305. The third kappa shape index (κ3) is 6.46. The van der Waals surface area contributed by atoms with Gasteiger partial charge in [-0.3, -0.25) is 9.36 Å². The highest BCUT2D eigenvalue weighted by Crippen LogP contribution is 2.45. The van der Waals surface area contributed by atoms with Crippen LogP contribution >= 0.6 is 7.60 Å². The highest BCUT2D eigenvalue weighted by Gasteiger charge is 2.24. The van der Waals surface area contributed by atoms with Crippen molar-refractivity contribution in [2.45, 2.75) is 26.2 Å². The van der Waals surface area contributed by atoms with Gasteiger partial charge in [0.05, 0.1) is 0 Å². The number of ketones is 1.